The molecular formula is C14H18FNO. The summed E-state index contributed by atoms with van der Waals surface area (Å²) in [4.78, 5) is 0. The zero-order valence-corrected chi connectivity index (χ0v) is 10.0. The number of rotatable bonds is 4. The van der Waals surface area contributed by atoms with Crippen LogP contribution in [0.2, 0.25) is 0 Å². The Bertz CT molecular complexity index is 392. The van der Waals surface area contributed by atoms with Gasteiger partial charge in [-0.3, -0.25) is 0 Å². The van der Waals surface area contributed by atoms with Crippen molar-refractivity contribution in [3.05, 3.63) is 48.0 Å². The lowest BCUT2D eigenvalue weighted by Gasteiger charge is -2.22. The van der Waals surface area contributed by atoms with Gasteiger partial charge in [0.1, 0.15) is 11.9 Å². The molecule has 1 aromatic rings. The largest absolute Gasteiger partial charge is 0.497 e. The van der Waals surface area contributed by atoms with Gasteiger partial charge in [0.25, 0.3) is 0 Å². The van der Waals surface area contributed by atoms with Gasteiger partial charge in [0.15, 0.2) is 0 Å². The van der Waals surface area contributed by atoms with E-state index >= 15 is 0 Å². The molecule has 92 valence electrons. The Hall–Kier alpha value is -1.35. The fraction of sp³-hybridized carbons (Fsp3) is 0.429. The maximum atomic E-state index is 13.5. The highest BCUT2D eigenvalue weighted by Crippen LogP contribution is 2.17. The minimum Gasteiger partial charge on any atom is -0.497 e. The Kier molecular flexibility index (Phi) is 4.15. The van der Waals surface area contributed by atoms with Gasteiger partial charge in [0, 0.05) is 18.2 Å². The highest BCUT2D eigenvalue weighted by molar-refractivity contribution is 5.20. The first kappa shape index (κ1) is 12.1. The van der Waals surface area contributed by atoms with Gasteiger partial charge in [-0.2, -0.15) is 0 Å². The molecule has 1 aliphatic heterocycles. The second kappa shape index (κ2) is 5.82. The molecule has 0 spiro atoms. The van der Waals surface area contributed by atoms with E-state index in [1.807, 2.05) is 25.1 Å². The fourth-order valence-corrected chi connectivity index (χ4v) is 1.98. The van der Waals surface area contributed by atoms with Crippen LogP contribution in [0.4, 0.5) is 4.39 Å². The van der Waals surface area contributed by atoms with Crippen LogP contribution in [-0.4, -0.2) is 12.6 Å². The van der Waals surface area contributed by atoms with E-state index in [2.05, 4.69) is 5.32 Å². The van der Waals surface area contributed by atoms with Gasteiger partial charge in [-0.05, 0) is 31.9 Å². The zero-order chi connectivity index (χ0) is 12.1. The average Bonchev–Trinajstić information content (AvgIpc) is 2.38. The summed E-state index contributed by atoms with van der Waals surface area (Å²) >= 11 is 0. The second-order valence-electron chi connectivity index (χ2n) is 4.36. The van der Waals surface area contributed by atoms with Crippen LogP contribution < -0.4 is 5.32 Å². The third-order valence-corrected chi connectivity index (χ3v) is 3.05. The van der Waals surface area contributed by atoms with Crippen LogP contribution in [0.3, 0.4) is 0 Å². The first-order chi connectivity index (χ1) is 8.27. The lowest BCUT2D eigenvalue weighted by molar-refractivity contribution is 0.119. The van der Waals surface area contributed by atoms with Crippen molar-refractivity contribution < 1.29 is 9.13 Å². The van der Waals surface area contributed by atoms with E-state index in [1.165, 1.54) is 6.07 Å². The molecule has 3 heteroatoms. The normalized spacial score (nSPS) is 20.9. The third kappa shape index (κ3) is 3.30. The van der Waals surface area contributed by atoms with E-state index in [9.17, 15) is 4.39 Å². The maximum absolute atomic E-state index is 13.5. The van der Waals surface area contributed by atoms with Crippen molar-refractivity contribution in [1.29, 1.82) is 0 Å². The van der Waals surface area contributed by atoms with Crippen LogP contribution in [0.25, 0.3) is 0 Å². The van der Waals surface area contributed by atoms with Gasteiger partial charge in [-0.25, -0.2) is 4.39 Å². The number of hydrogen-bond donors (Lipinski definition) is 1. The Morgan fingerprint density at radius 1 is 1.47 bits per heavy atom. The molecule has 2 rings (SSSR count). The monoisotopic (exact) mass is 235 g/mol. The van der Waals surface area contributed by atoms with Crippen LogP contribution in [-0.2, 0) is 4.74 Å². The molecule has 2 atom stereocenters. The molecule has 1 aliphatic rings. The molecular weight excluding hydrogens is 217 g/mol. The summed E-state index contributed by atoms with van der Waals surface area (Å²) in [7, 11) is 0. The van der Waals surface area contributed by atoms with Gasteiger partial charge in [0.2, 0.25) is 0 Å². The Morgan fingerprint density at radius 3 is 3.00 bits per heavy atom. The number of ether oxygens (including phenoxy) is 1. The number of hydrogen-bond acceptors (Lipinski definition) is 2. The van der Waals surface area contributed by atoms with Crippen molar-refractivity contribution in [2.45, 2.75) is 31.9 Å². The number of benzene rings is 1. The average molecular weight is 235 g/mol. The predicted molar refractivity (Wildman–Crippen MR) is 66.1 cm³/mol. The molecule has 0 aliphatic carbocycles. The van der Waals surface area contributed by atoms with Gasteiger partial charge < -0.3 is 10.1 Å². The lowest BCUT2D eigenvalue weighted by Crippen LogP contribution is -2.31. The quantitative estimate of drug-likeness (QED) is 0.865. The summed E-state index contributed by atoms with van der Waals surface area (Å²) < 4.78 is 19.0. The number of nitrogens with one attached hydrogen (secondary N) is 1. The molecule has 0 saturated heterocycles. The Morgan fingerprint density at radius 2 is 2.29 bits per heavy atom. The van der Waals surface area contributed by atoms with Crippen LogP contribution in [0.15, 0.2) is 36.6 Å². The minimum absolute atomic E-state index is 0.00528. The summed E-state index contributed by atoms with van der Waals surface area (Å²) in [5, 5.41) is 3.31. The fourth-order valence-electron chi connectivity index (χ4n) is 1.98. The van der Waals surface area contributed by atoms with Gasteiger partial charge in [-0.15, -0.1) is 0 Å². The van der Waals surface area contributed by atoms with Crippen molar-refractivity contribution in [3.8, 4) is 0 Å². The van der Waals surface area contributed by atoms with E-state index in [0.717, 1.165) is 19.4 Å². The highest BCUT2D eigenvalue weighted by atomic mass is 19.1. The smallest absolute Gasteiger partial charge is 0.127 e. The van der Waals surface area contributed by atoms with Crippen molar-refractivity contribution >= 4 is 0 Å². The van der Waals surface area contributed by atoms with E-state index < -0.39 is 0 Å². The van der Waals surface area contributed by atoms with Crippen LogP contribution in [0.1, 0.15) is 31.4 Å². The van der Waals surface area contributed by atoms with Crippen LogP contribution in [0, 0.1) is 5.82 Å². The topological polar surface area (TPSA) is 21.3 Å². The predicted octanol–water partition coefficient (Wildman–Crippen LogP) is 3.17. The second-order valence-corrected chi connectivity index (χ2v) is 4.36. The lowest BCUT2D eigenvalue weighted by atomic mass is 10.1. The van der Waals surface area contributed by atoms with Gasteiger partial charge in [0.05, 0.1) is 6.26 Å². The number of allylic oxidation sites excluding steroid dienone is 1. The zero-order valence-electron chi connectivity index (χ0n) is 10.0. The van der Waals surface area contributed by atoms with E-state index in [4.69, 9.17) is 4.74 Å². The molecule has 0 bridgehead atoms. The first-order valence-corrected chi connectivity index (χ1v) is 6.05. The summed E-state index contributed by atoms with van der Waals surface area (Å²) in [6.07, 6.45) is 6.06. The molecule has 0 saturated carbocycles. The summed E-state index contributed by atoms with van der Waals surface area (Å²) in [6, 6.07) is 6.88. The molecule has 0 fully saturated rings. The van der Waals surface area contributed by atoms with E-state index in [0.29, 0.717) is 5.56 Å². The summed E-state index contributed by atoms with van der Waals surface area (Å²) in [5.41, 5.74) is 0.707. The van der Waals surface area contributed by atoms with Crippen LogP contribution in [0.5, 0.6) is 0 Å². The molecule has 0 radical (unpaired) electrons. The summed E-state index contributed by atoms with van der Waals surface area (Å²) in [5.74, 6) is -0.156. The summed E-state index contributed by atoms with van der Waals surface area (Å²) in [6.45, 7) is 2.72. The van der Waals surface area contributed by atoms with Gasteiger partial charge in [-0.1, -0.05) is 18.2 Å². The van der Waals surface area contributed by atoms with Crippen LogP contribution >= 0.6 is 0 Å². The van der Waals surface area contributed by atoms with E-state index in [1.54, 1.807) is 12.3 Å². The minimum atomic E-state index is -0.156. The Labute approximate surface area is 101 Å². The van der Waals surface area contributed by atoms with Crippen molar-refractivity contribution in [2.75, 3.05) is 6.54 Å². The van der Waals surface area contributed by atoms with Crippen molar-refractivity contribution in [1.82, 2.24) is 5.32 Å². The molecule has 0 aromatic heterocycles. The molecule has 0 amide bonds. The molecule has 2 nitrogen and oxygen atoms in total. The van der Waals surface area contributed by atoms with Crippen molar-refractivity contribution in [2.24, 2.45) is 0 Å². The Balaban J connectivity index is 1.87. The first-order valence-electron chi connectivity index (χ1n) is 6.05. The highest BCUT2D eigenvalue weighted by Gasteiger charge is 2.14. The van der Waals surface area contributed by atoms with E-state index in [-0.39, 0.29) is 18.0 Å². The van der Waals surface area contributed by atoms with Gasteiger partial charge >= 0.3 is 0 Å². The molecule has 17 heavy (non-hydrogen) atoms. The third-order valence-electron chi connectivity index (χ3n) is 3.05. The molecule has 1 unspecified atom stereocenters. The molecule has 1 heterocycles. The van der Waals surface area contributed by atoms with Crippen molar-refractivity contribution in [3.63, 3.8) is 0 Å². The number of halogens is 1. The molecule has 1 N–H and O–H groups in total. The maximum Gasteiger partial charge on any atom is 0.127 e. The standard InChI is InChI=1S/C14H18FNO/c1-11(13-7-2-3-8-14(13)15)16-10-12-6-4-5-9-17-12/h2-3,5,7-9,11-12,16H,4,6,10H2,1H3/t11-,12?/m1/s1. The molecule has 1 aromatic carbocycles. The SMILES string of the molecule is C[C@@H](NCC1CCC=CO1)c1ccccc1F.